The molecule has 3 aromatic carbocycles. The van der Waals surface area contributed by atoms with E-state index in [9.17, 15) is 4.79 Å². The number of rotatable bonds is 6. The summed E-state index contributed by atoms with van der Waals surface area (Å²) >= 11 is 0. The number of benzene rings is 3. The molecule has 0 aromatic heterocycles. The van der Waals surface area contributed by atoms with Crippen molar-refractivity contribution >= 4 is 5.91 Å². The Kier molecular flexibility index (Phi) is 6.14. The molecule has 0 N–H and O–H groups in total. The number of carbonyl (C=O) groups is 1. The largest absolute Gasteiger partial charge is 0.497 e. The first-order chi connectivity index (χ1) is 16.6. The molecule has 4 heteroatoms. The summed E-state index contributed by atoms with van der Waals surface area (Å²) in [6.07, 6.45) is 5.46. The molecule has 1 fully saturated rings. The Hall–Kier alpha value is -3.53. The summed E-state index contributed by atoms with van der Waals surface area (Å²) in [6, 6.07) is 24.6. The lowest BCUT2D eigenvalue weighted by atomic mass is 9.75. The van der Waals surface area contributed by atoms with Crippen molar-refractivity contribution in [2.45, 2.75) is 25.9 Å². The van der Waals surface area contributed by atoms with E-state index in [0.29, 0.717) is 12.5 Å². The Morgan fingerprint density at radius 2 is 1.65 bits per heavy atom. The first kappa shape index (κ1) is 22.3. The second-order valence-corrected chi connectivity index (χ2v) is 9.33. The minimum atomic E-state index is -0.0788. The van der Waals surface area contributed by atoms with Crippen LogP contribution in [0.15, 0.2) is 84.9 Å². The summed E-state index contributed by atoms with van der Waals surface area (Å²) in [4.78, 5) is 15.9. The van der Waals surface area contributed by atoms with E-state index in [1.54, 1.807) is 14.2 Å². The van der Waals surface area contributed by atoms with E-state index in [4.69, 9.17) is 9.47 Å². The normalized spacial score (nSPS) is 23.6. The van der Waals surface area contributed by atoms with Gasteiger partial charge in [0.1, 0.15) is 11.5 Å². The van der Waals surface area contributed by atoms with Crippen LogP contribution in [0, 0.1) is 17.8 Å². The summed E-state index contributed by atoms with van der Waals surface area (Å²) in [5.74, 6) is 2.33. The van der Waals surface area contributed by atoms with Crippen LogP contribution >= 0.6 is 0 Å². The molecule has 4 atom stereocenters. The number of allylic oxidation sites excluding steroid dienone is 1. The molecule has 5 rings (SSSR count). The number of hydrogen-bond acceptors (Lipinski definition) is 3. The lowest BCUT2D eigenvalue weighted by molar-refractivity contribution is -0.134. The molecule has 2 aliphatic rings. The highest BCUT2D eigenvalue weighted by Crippen LogP contribution is 2.51. The average molecular weight is 454 g/mol. The van der Waals surface area contributed by atoms with Gasteiger partial charge in [0.15, 0.2) is 0 Å². The van der Waals surface area contributed by atoms with Gasteiger partial charge >= 0.3 is 0 Å². The van der Waals surface area contributed by atoms with E-state index in [1.807, 2.05) is 36.4 Å². The summed E-state index contributed by atoms with van der Waals surface area (Å²) in [7, 11) is 3.38. The summed E-state index contributed by atoms with van der Waals surface area (Å²) in [5, 5.41) is 0. The Morgan fingerprint density at radius 1 is 0.912 bits per heavy atom. The van der Waals surface area contributed by atoms with E-state index in [-0.39, 0.29) is 23.8 Å². The van der Waals surface area contributed by atoms with Crippen LogP contribution in [0.5, 0.6) is 11.5 Å². The number of ether oxygens (including phenoxy) is 2. The van der Waals surface area contributed by atoms with Crippen LogP contribution in [0.1, 0.15) is 30.5 Å². The van der Waals surface area contributed by atoms with E-state index in [2.05, 4.69) is 60.4 Å². The lowest BCUT2D eigenvalue weighted by Gasteiger charge is -2.31. The fourth-order valence-electron chi connectivity index (χ4n) is 5.60. The zero-order valence-electron chi connectivity index (χ0n) is 20.0. The van der Waals surface area contributed by atoms with Gasteiger partial charge in [-0.2, -0.15) is 0 Å². The Morgan fingerprint density at radius 3 is 2.35 bits per heavy atom. The number of methoxy groups -OCH3 is 2. The zero-order chi connectivity index (χ0) is 23.7. The first-order valence-corrected chi connectivity index (χ1v) is 11.9. The minimum Gasteiger partial charge on any atom is -0.497 e. The van der Waals surface area contributed by atoms with Crippen molar-refractivity contribution in [1.82, 2.24) is 4.90 Å². The van der Waals surface area contributed by atoms with Gasteiger partial charge in [0, 0.05) is 23.9 Å². The SMILES string of the molecule is COc1ccc(-c2ccc(OC)c([C@H]3[C@@H]4C=CC[C@H](C)[C@H]4C(=O)N3Cc3ccccc3)c2)cc1. The molecule has 3 aromatic rings. The molecule has 4 nitrogen and oxygen atoms in total. The second-order valence-electron chi connectivity index (χ2n) is 9.33. The minimum absolute atomic E-state index is 0.00643. The summed E-state index contributed by atoms with van der Waals surface area (Å²) in [5.41, 5.74) is 4.40. The van der Waals surface area contributed by atoms with Crippen molar-refractivity contribution < 1.29 is 14.3 Å². The second kappa shape index (κ2) is 9.38. The van der Waals surface area contributed by atoms with E-state index < -0.39 is 0 Å². The van der Waals surface area contributed by atoms with E-state index in [0.717, 1.165) is 40.2 Å². The molecule has 0 unspecified atom stereocenters. The third-order valence-corrected chi connectivity index (χ3v) is 7.33. The molecule has 1 saturated heterocycles. The van der Waals surface area contributed by atoms with Crippen LogP contribution in [0.3, 0.4) is 0 Å². The van der Waals surface area contributed by atoms with Gasteiger partial charge in [0.05, 0.1) is 20.3 Å². The smallest absolute Gasteiger partial charge is 0.227 e. The van der Waals surface area contributed by atoms with Gasteiger partial charge in [-0.15, -0.1) is 0 Å². The maximum atomic E-state index is 13.8. The fraction of sp³-hybridized carbons (Fsp3) is 0.300. The number of fused-ring (bicyclic) bond motifs is 1. The van der Waals surface area contributed by atoms with Gasteiger partial charge in [-0.05, 0) is 53.3 Å². The third-order valence-electron chi connectivity index (χ3n) is 7.33. The van der Waals surface area contributed by atoms with E-state index >= 15 is 0 Å². The van der Waals surface area contributed by atoms with Crippen molar-refractivity contribution in [1.29, 1.82) is 0 Å². The molecular formula is C30H31NO3. The van der Waals surface area contributed by atoms with Gasteiger partial charge in [-0.25, -0.2) is 0 Å². The molecule has 1 aliphatic carbocycles. The summed E-state index contributed by atoms with van der Waals surface area (Å²) < 4.78 is 11.2. The lowest BCUT2D eigenvalue weighted by Crippen LogP contribution is -2.30. The van der Waals surface area contributed by atoms with Gasteiger partial charge in [0.2, 0.25) is 5.91 Å². The highest BCUT2D eigenvalue weighted by molar-refractivity contribution is 5.84. The van der Waals surface area contributed by atoms with Crippen LogP contribution in [-0.2, 0) is 11.3 Å². The molecule has 34 heavy (non-hydrogen) atoms. The van der Waals surface area contributed by atoms with Gasteiger partial charge < -0.3 is 14.4 Å². The number of likely N-dealkylation sites (tertiary alicyclic amines) is 1. The highest BCUT2D eigenvalue weighted by atomic mass is 16.5. The van der Waals surface area contributed by atoms with Crippen molar-refractivity contribution in [3.8, 4) is 22.6 Å². The molecule has 1 aliphatic heterocycles. The molecule has 0 saturated carbocycles. The zero-order valence-corrected chi connectivity index (χ0v) is 20.0. The predicted octanol–water partition coefficient (Wildman–Crippen LogP) is 6.28. The van der Waals surface area contributed by atoms with Crippen molar-refractivity contribution in [2.24, 2.45) is 17.8 Å². The standard InChI is InChI=1S/C30H31NO3/c1-20-8-7-11-25-28(20)30(32)31(19-21-9-5-4-6-10-21)29(25)26-18-23(14-17-27(26)34-3)22-12-15-24(33-2)16-13-22/h4-7,9-18,20,25,28-29H,8,19H2,1-3H3/t20-,25+,28+,29+/m0/s1. The fourth-order valence-corrected chi connectivity index (χ4v) is 5.60. The van der Waals surface area contributed by atoms with Crippen LogP contribution in [0.25, 0.3) is 11.1 Å². The quantitative estimate of drug-likeness (QED) is 0.412. The molecule has 1 heterocycles. The number of carbonyl (C=O) groups excluding carboxylic acids is 1. The van der Waals surface area contributed by atoms with Crippen LogP contribution in [-0.4, -0.2) is 25.0 Å². The average Bonchev–Trinajstić information content (AvgIpc) is 3.16. The van der Waals surface area contributed by atoms with Gasteiger partial charge in [0.25, 0.3) is 0 Å². The monoisotopic (exact) mass is 453 g/mol. The van der Waals surface area contributed by atoms with Crippen LogP contribution in [0.4, 0.5) is 0 Å². The maximum Gasteiger partial charge on any atom is 0.227 e. The third kappa shape index (κ3) is 3.98. The van der Waals surface area contributed by atoms with Crippen LogP contribution < -0.4 is 9.47 Å². The maximum absolute atomic E-state index is 13.8. The van der Waals surface area contributed by atoms with Gasteiger partial charge in [-0.1, -0.05) is 67.6 Å². The molecule has 0 spiro atoms. The van der Waals surface area contributed by atoms with Gasteiger partial charge in [-0.3, -0.25) is 4.79 Å². The Labute approximate surface area is 201 Å². The van der Waals surface area contributed by atoms with Crippen LogP contribution in [0.2, 0.25) is 0 Å². The predicted molar refractivity (Wildman–Crippen MR) is 135 cm³/mol. The number of hydrogen-bond donors (Lipinski definition) is 0. The Balaban J connectivity index is 1.61. The van der Waals surface area contributed by atoms with Crippen molar-refractivity contribution in [3.63, 3.8) is 0 Å². The van der Waals surface area contributed by atoms with Crippen molar-refractivity contribution in [3.05, 3.63) is 96.1 Å². The molecule has 1 amide bonds. The van der Waals surface area contributed by atoms with Crippen molar-refractivity contribution in [2.75, 3.05) is 14.2 Å². The topological polar surface area (TPSA) is 38.8 Å². The highest BCUT2D eigenvalue weighted by Gasteiger charge is 2.51. The first-order valence-electron chi connectivity index (χ1n) is 11.9. The Bertz CT molecular complexity index is 1190. The molecule has 0 bridgehead atoms. The van der Waals surface area contributed by atoms with E-state index in [1.165, 1.54) is 0 Å². The molecule has 174 valence electrons. The summed E-state index contributed by atoms with van der Waals surface area (Å²) in [6.45, 7) is 2.79. The number of amides is 1. The molecular weight excluding hydrogens is 422 g/mol. The molecule has 0 radical (unpaired) electrons. The number of nitrogens with zero attached hydrogens (tertiary/aromatic N) is 1.